The van der Waals surface area contributed by atoms with Gasteiger partial charge in [-0.3, -0.25) is 9.00 Å². The molecule has 1 heterocycles. The van der Waals surface area contributed by atoms with Crippen molar-refractivity contribution in [1.29, 1.82) is 0 Å². The SMILES string of the molecule is NC(=O)c1cccc(C[S@@](=O)Cc2cc3c(cc2Br)OCCO3)c1. The minimum atomic E-state index is -1.13. The maximum absolute atomic E-state index is 12.5. The van der Waals surface area contributed by atoms with Crippen molar-refractivity contribution in [2.24, 2.45) is 5.73 Å². The molecule has 0 bridgehead atoms. The molecule has 3 rings (SSSR count). The fourth-order valence-corrected chi connectivity index (χ4v) is 4.33. The van der Waals surface area contributed by atoms with E-state index in [9.17, 15) is 9.00 Å². The minimum absolute atomic E-state index is 0.349. The van der Waals surface area contributed by atoms with Crippen molar-refractivity contribution >= 4 is 32.6 Å². The quantitative estimate of drug-likeness (QED) is 0.823. The molecule has 7 heteroatoms. The van der Waals surface area contributed by atoms with Gasteiger partial charge in [-0.25, -0.2) is 0 Å². The van der Waals surface area contributed by atoms with Crippen LogP contribution in [-0.2, 0) is 22.3 Å². The van der Waals surface area contributed by atoms with E-state index in [2.05, 4.69) is 15.9 Å². The molecule has 0 radical (unpaired) electrons. The predicted octanol–water partition coefficient (Wildman–Crippen LogP) is 2.77. The molecular weight excluding hydrogens is 394 g/mol. The number of nitrogens with two attached hydrogens (primary N) is 1. The Bertz CT molecular complexity index is 809. The Kier molecular flexibility index (Phi) is 5.20. The Morgan fingerprint density at radius 3 is 2.54 bits per heavy atom. The van der Waals surface area contributed by atoms with Gasteiger partial charge in [-0.15, -0.1) is 0 Å². The van der Waals surface area contributed by atoms with Crippen LogP contribution in [0.5, 0.6) is 11.5 Å². The van der Waals surface area contributed by atoms with Crippen molar-refractivity contribution in [3.8, 4) is 11.5 Å². The standard InChI is InChI=1S/C17H16BrNO4S/c18-14-8-16-15(22-4-5-23-16)7-13(14)10-24(21)9-11-2-1-3-12(6-11)17(19)20/h1-3,6-8H,4-5,9-10H2,(H2,19,20)/t24-/m1/s1. The first-order chi connectivity index (χ1) is 11.5. The largest absolute Gasteiger partial charge is 0.486 e. The lowest BCUT2D eigenvalue weighted by molar-refractivity contribution is 0.1000. The molecule has 1 amide bonds. The molecule has 0 aromatic heterocycles. The van der Waals surface area contributed by atoms with Crippen molar-refractivity contribution < 1.29 is 18.5 Å². The van der Waals surface area contributed by atoms with Gasteiger partial charge in [-0.1, -0.05) is 28.1 Å². The maximum atomic E-state index is 12.5. The van der Waals surface area contributed by atoms with Gasteiger partial charge in [-0.2, -0.15) is 0 Å². The van der Waals surface area contributed by atoms with Crippen LogP contribution in [0.3, 0.4) is 0 Å². The van der Waals surface area contributed by atoms with E-state index in [4.69, 9.17) is 15.2 Å². The van der Waals surface area contributed by atoms with Crippen LogP contribution in [0.2, 0.25) is 0 Å². The summed E-state index contributed by atoms with van der Waals surface area (Å²) >= 11 is 3.49. The van der Waals surface area contributed by atoms with Crippen LogP contribution in [0.1, 0.15) is 21.5 Å². The van der Waals surface area contributed by atoms with Gasteiger partial charge < -0.3 is 15.2 Å². The zero-order chi connectivity index (χ0) is 17.1. The molecule has 0 fully saturated rings. The topological polar surface area (TPSA) is 78.6 Å². The van der Waals surface area contributed by atoms with Crippen LogP contribution < -0.4 is 15.2 Å². The number of benzene rings is 2. The highest BCUT2D eigenvalue weighted by Crippen LogP contribution is 2.36. The fraction of sp³-hybridized carbons (Fsp3) is 0.235. The predicted molar refractivity (Wildman–Crippen MR) is 95.6 cm³/mol. The summed E-state index contributed by atoms with van der Waals surface area (Å²) in [6.45, 7) is 1.04. The second-order valence-electron chi connectivity index (χ2n) is 5.38. The Morgan fingerprint density at radius 1 is 1.12 bits per heavy atom. The molecule has 1 aliphatic rings. The lowest BCUT2D eigenvalue weighted by atomic mass is 10.1. The van der Waals surface area contributed by atoms with E-state index in [1.54, 1.807) is 18.2 Å². The summed E-state index contributed by atoms with van der Waals surface area (Å²) in [5.74, 6) is 1.60. The van der Waals surface area contributed by atoms with Crippen LogP contribution >= 0.6 is 15.9 Å². The minimum Gasteiger partial charge on any atom is -0.486 e. The third-order valence-corrected chi connectivity index (χ3v) is 5.59. The van der Waals surface area contributed by atoms with Crippen LogP contribution in [0.4, 0.5) is 0 Å². The van der Waals surface area contributed by atoms with Gasteiger partial charge in [0.05, 0.1) is 5.75 Å². The van der Waals surface area contributed by atoms with Gasteiger partial charge in [0.1, 0.15) is 13.2 Å². The lowest BCUT2D eigenvalue weighted by Gasteiger charge is -2.19. The van der Waals surface area contributed by atoms with Crippen LogP contribution in [0, 0.1) is 0 Å². The van der Waals surface area contributed by atoms with E-state index in [0.717, 1.165) is 15.6 Å². The molecule has 126 valence electrons. The summed E-state index contributed by atoms with van der Waals surface area (Å²) in [5.41, 5.74) is 7.41. The smallest absolute Gasteiger partial charge is 0.248 e. The van der Waals surface area contributed by atoms with Gasteiger partial charge >= 0.3 is 0 Å². The third kappa shape index (κ3) is 3.96. The summed E-state index contributed by atoms with van der Waals surface area (Å²) in [6, 6.07) is 10.6. The van der Waals surface area contributed by atoms with Crippen molar-refractivity contribution in [2.45, 2.75) is 11.5 Å². The highest BCUT2D eigenvalue weighted by molar-refractivity contribution is 9.10. The number of halogens is 1. The molecule has 0 saturated carbocycles. The fourth-order valence-electron chi connectivity index (χ4n) is 2.44. The molecule has 1 atom stereocenters. The number of primary amides is 1. The Morgan fingerprint density at radius 2 is 1.83 bits per heavy atom. The summed E-state index contributed by atoms with van der Waals surface area (Å²) in [5, 5.41) is 0. The first-order valence-corrected chi connectivity index (χ1v) is 9.63. The number of hydrogen-bond acceptors (Lipinski definition) is 4. The van der Waals surface area contributed by atoms with Crippen molar-refractivity contribution in [2.75, 3.05) is 13.2 Å². The van der Waals surface area contributed by atoms with Crippen molar-refractivity contribution in [3.63, 3.8) is 0 Å². The van der Waals surface area contributed by atoms with Crippen molar-refractivity contribution in [1.82, 2.24) is 0 Å². The molecule has 0 aliphatic carbocycles. The number of amides is 1. The molecule has 24 heavy (non-hydrogen) atoms. The number of fused-ring (bicyclic) bond motifs is 1. The van der Waals surface area contributed by atoms with E-state index in [0.29, 0.717) is 41.8 Å². The molecule has 0 spiro atoms. The van der Waals surface area contributed by atoms with Gasteiger partial charge in [0.25, 0.3) is 0 Å². The number of ether oxygens (including phenoxy) is 2. The Labute approximate surface area is 150 Å². The number of carbonyl (C=O) groups excluding carboxylic acids is 1. The molecular formula is C17H16BrNO4S. The zero-order valence-corrected chi connectivity index (χ0v) is 15.2. The van der Waals surface area contributed by atoms with E-state index >= 15 is 0 Å². The van der Waals surface area contributed by atoms with Gasteiger partial charge in [0.2, 0.25) is 5.91 Å². The number of carbonyl (C=O) groups is 1. The van der Waals surface area contributed by atoms with E-state index in [1.807, 2.05) is 18.2 Å². The average Bonchev–Trinajstić information content (AvgIpc) is 2.55. The summed E-state index contributed by atoms with van der Waals surface area (Å²) in [4.78, 5) is 11.2. The third-order valence-electron chi connectivity index (χ3n) is 3.57. The average molecular weight is 410 g/mol. The molecule has 2 aromatic rings. The first-order valence-electron chi connectivity index (χ1n) is 7.34. The summed E-state index contributed by atoms with van der Waals surface area (Å²) < 4.78 is 24.4. The van der Waals surface area contributed by atoms with Crippen LogP contribution in [-0.4, -0.2) is 23.3 Å². The lowest BCUT2D eigenvalue weighted by Crippen LogP contribution is -2.15. The number of rotatable bonds is 5. The van der Waals surface area contributed by atoms with Crippen molar-refractivity contribution in [3.05, 3.63) is 57.6 Å². The summed E-state index contributed by atoms with van der Waals surface area (Å²) in [7, 11) is -1.13. The monoisotopic (exact) mass is 409 g/mol. The normalized spacial score (nSPS) is 14.2. The molecule has 0 unspecified atom stereocenters. The molecule has 0 saturated heterocycles. The highest BCUT2D eigenvalue weighted by atomic mass is 79.9. The first kappa shape index (κ1) is 17.0. The Balaban J connectivity index is 1.73. The Hall–Kier alpha value is -1.86. The maximum Gasteiger partial charge on any atom is 0.248 e. The highest BCUT2D eigenvalue weighted by Gasteiger charge is 2.16. The molecule has 5 nitrogen and oxygen atoms in total. The second kappa shape index (κ2) is 7.36. The summed E-state index contributed by atoms with van der Waals surface area (Å²) in [6.07, 6.45) is 0. The van der Waals surface area contributed by atoms with Crippen LogP contribution in [0.25, 0.3) is 0 Å². The molecule has 1 aliphatic heterocycles. The van der Waals surface area contributed by atoms with Gasteiger partial charge in [-0.05, 0) is 35.4 Å². The van der Waals surface area contributed by atoms with E-state index < -0.39 is 16.7 Å². The molecule has 2 aromatic carbocycles. The molecule has 2 N–H and O–H groups in total. The van der Waals surface area contributed by atoms with E-state index in [1.165, 1.54) is 0 Å². The van der Waals surface area contributed by atoms with Crippen LogP contribution in [0.15, 0.2) is 40.9 Å². The number of hydrogen-bond donors (Lipinski definition) is 1. The van der Waals surface area contributed by atoms with E-state index in [-0.39, 0.29) is 0 Å². The van der Waals surface area contributed by atoms with Gasteiger partial charge in [0.15, 0.2) is 11.5 Å². The zero-order valence-electron chi connectivity index (χ0n) is 12.8. The van der Waals surface area contributed by atoms with Gasteiger partial charge in [0, 0.05) is 26.6 Å². The second-order valence-corrected chi connectivity index (χ2v) is 7.69.